The first-order valence-corrected chi connectivity index (χ1v) is 8.34. The van der Waals surface area contributed by atoms with E-state index in [4.69, 9.17) is 4.74 Å². The molecule has 0 N–H and O–H groups in total. The Morgan fingerprint density at radius 1 is 1.05 bits per heavy atom. The van der Waals surface area contributed by atoms with Crippen molar-refractivity contribution >= 4 is 0 Å². The molecule has 1 aliphatic carbocycles. The normalized spacial score (nSPS) is 23.9. The number of ether oxygens (including phenoxy) is 1. The highest BCUT2D eigenvalue weighted by atomic mass is 16.5. The van der Waals surface area contributed by atoms with Gasteiger partial charge in [0.2, 0.25) is 5.88 Å². The van der Waals surface area contributed by atoms with Gasteiger partial charge >= 0.3 is 0 Å². The van der Waals surface area contributed by atoms with Gasteiger partial charge in [-0.3, -0.25) is 0 Å². The van der Waals surface area contributed by atoms with E-state index >= 15 is 0 Å². The van der Waals surface area contributed by atoms with Crippen LogP contribution in [0.3, 0.4) is 0 Å². The molecule has 21 heavy (non-hydrogen) atoms. The van der Waals surface area contributed by atoms with Gasteiger partial charge in [-0.05, 0) is 54.9 Å². The van der Waals surface area contributed by atoms with Crippen LogP contribution >= 0.6 is 0 Å². The van der Waals surface area contributed by atoms with Gasteiger partial charge in [0.1, 0.15) is 6.10 Å². The molecule has 1 aromatic heterocycles. The highest BCUT2D eigenvalue weighted by Gasteiger charge is 2.36. The first-order chi connectivity index (χ1) is 9.76. The molecule has 2 rings (SSSR count). The molecule has 0 spiro atoms. The van der Waals surface area contributed by atoms with E-state index in [0.717, 1.165) is 24.6 Å². The highest BCUT2D eigenvalue weighted by molar-refractivity contribution is 5.09. The van der Waals surface area contributed by atoms with Crippen LogP contribution in [-0.4, -0.2) is 11.1 Å². The monoisotopic (exact) mass is 289 g/mol. The smallest absolute Gasteiger partial charge is 0.213 e. The van der Waals surface area contributed by atoms with Crippen molar-refractivity contribution < 1.29 is 4.74 Å². The van der Waals surface area contributed by atoms with E-state index < -0.39 is 0 Å². The summed E-state index contributed by atoms with van der Waals surface area (Å²) in [6, 6.07) is 5.87. The van der Waals surface area contributed by atoms with Crippen molar-refractivity contribution in [2.45, 2.75) is 72.8 Å². The van der Waals surface area contributed by atoms with Crippen molar-refractivity contribution in [2.24, 2.45) is 16.7 Å². The van der Waals surface area contributed by atoms with Crippen molar-refractivity contribution in [3.05, 3.63) is 24.4 Å². The number of nitrogens with zero attached hydrogens (tertiary/aromatic N) is 1. The van der Waals surface area contributed by atoms with E-state index in [0.29, 0.717) is 16.9 Å². The Kier molecular flexibility index (Phi) is 4.95. The largest absolute Gasteiger partial charge is 0.474 e. The molecule has 1 aliphatic rings. The van der Waals surface area contributed by atoms with Crippen LogP contribution in [0, 0.1) is 16.7 Å². The first kappa shape index (κ1) is 16.3. The standard InChI is InChI=1S/C19H31NO/c1-18(2,3)14-19(4,5)15-9-11-16(12-10-15)21-17-8-6-7-13-20-17/h6-8,13,15-16H,9-12,14H2,1-5H3. The lowest BCUT2D eigenvalue weighted by Crippen LogP contribution is -2.34. The van der Waals surface area contributed by atoms with Gasteiger partial charge in [0.05, 0.1) is 0 Å². The van der Waals surface area contributed by atoms with E-state index in [2.05, 4.69) is 39.6 Å². The minimum absolute atomic E-state index is 0.349. The van der Waals surface area contributed by atoms with Crippen LogP contribution in [0.25, 0.3) is 0 Å². The molecule has 0 unspecified atom stereocenters. The minimum atomic E-state index is 0.349. The zero-order valence-corrected chi connectivity index (χ0v) is 14.4. The fourth-order valence-corrected chi connectivity index (χ4v) is 4.06. The van der Waals surface area contributed by atoms with Gasteiger partial charge < -0.3 is 4.74 Å². The predicted octanol–water partition coefficient (Wildman–Crippen LogP) is 5.48. The molecule has 1 saturated carbocycles. The summed E-state index contributed by atoms with van der Waals surface area (Å²) in [6.45, 7) is 11.9. The van der Waals surface area contributed by atoms with Gasteiger partial charge in [0.25, 0.3) is 0 Å². The van der Waals surface area contributed by atoms with E-state index in [9.17, 15) is 0 Å². The van der Waals surface area contributed by atoms with Crippen LogP contribution in [0.15, 0.2) is 24.4 Å². The van der Waals surface area contributed by atoms with Crippen LogP contribution in [0.4, 0.5) is 0 Å². The van der Waals surface area contributed by atoms with Gasteiger partial charge in [-0.2, -0.15) is 0 Å². The summed E-state index contributed by atoms with van der Waals surface area (Å²) in [7, 11) is 0. The number of rotatable bonds is 4. The Morgan fingerprint density at radius 2 is 1.71 bits per heavy atom. The first-order valence-electron chi connectivity index (χ1n) is 8.34. The molecule has 0 saturated heterocycles. The average molecular weight is 289 g/mol. The zero-order valence-electron chi connectivity index (χ0n) is 14.4. The van der Waals surface area contributed by atoms with Crippen molar-refractivity contribution in [3.63, 3.8) is 0 Å². The second-order valence-corrected chi connectivity index (χ2v) is 8.49. The maximum Gasteiger partial charge on any atom is 0.213 e. The summed E-state index contributed by atoms with van der Waals surface area (Å²) < 4.78 is 6.01. The Bertz CT molecular complexity index is 425. The molecule has 1 aromatic rings. The van der Waals surface area contributed by atoms with E-state index in [1.54, 1.807) is 6.20 Å². The van der Waals surface area contributed by atoms with Crippen LogP contribution in [0.5, 0.6) is 5.88 Å². The second kappa shape index (κ2) is 6.37. The lowest BCUT2D eigenvalue weighted by Gasteiger charge is -2.42. The summed E-state index contributed by atoms with van der Waals surface area (Å²) in [5.41, 5.74) is 0.832. The van der Waals surface area contributed by atoms with Gasteiger partial charge in [0.15, 0.2) is 0 Å². The topological polar surface area (TPSA) is 22.1 Å². The average Bonchev–Trinajstić information content (AvgIpc) is 2.38. The van der Waals surface area contributed by atoms with Crippen LogP contribution in [0.2, 0.25) is 0 Å². The molecular weight excluding hydrogens is 258 g/mol. The maximum atomic E-state index is 6.01. The predicted molar refractivity (Wildman–Crippen MR) is 88.5 cm³/mol. The van der Waals surface area contributed by atoms with Gasteiger partial charge in [0, 0.05) is 12.3 Å². The second-order valence-electron chi connectivity index (χ2n) is 8.49. The number of hydrogen-bond donors (Lipinski definition) is 0. The van der Waals surface area contributed by atoms with Crippen molar-refractivity contribution in [1.82, 2.24) is 4.98 Å². The number of aromatic nitrogens is 1. The Labute approximate surface area is 130 Å². The van der Waals surface area contributed by atoms with Crippen molar-refractivity contribution in [3.8, 4) is 5.88 Å². The van der Waals surface area contributed by atoms with Crippen LogP contribution in [0.1, 0.15) is 66.7 Å². The molecule has 0 bridgehead atoms. The van der Waals surface area contributed by atoms with Crippen molar-refractivity contribution in [1.29, 1.82) is 0 Å². The zero-order chi connectivity index (χ0) is 15.5. The summed E-state index contributed by atoms with van der Waals surface area (Å²) in [5.74, 6) is 1.59. The Balaban J connectivity index is 1.85. The third kappa shape index (κ3) is 5.01. The van der Waals surface area contributed by atoms with Gasteiger partial charge in [-0.25, -0.2) is 4.98 Å². The summed E-state index contributed by atoms with van der Waals surface area (Å²) in [6.07, 6.45) is 8.32. The third-order valence-corrected chi connectivity index (χ3v) is 4.69. The lowest BCUT2D eigenvalue weighted by molar-refractivity contribution is 0.0538. The molecule has 2 nitrogen and oxygen atoms in total. The molecule has 0 amide bonds. The Hall–Kier alpha value is -1.05. The fraction of sp³-hybridized carbons (Fsp3) is 0.737. The molecule has 1 fully saturated rings. The molecule has 0 radical (unpaired) electrons. The van der Waals surface area contributed by atoms with Crippen LogP contribution < -0.4 is 4.74 Å². The molecule has 2 heteroatoms. The SMILES string of the molecule is CC(C)(C)CC(C)(C)C1CCC(Oc2ccccn2)CC1. The van der Waals surface area contributed by atoms with E-state index in [1.807, 2.05) is 18.2 Å². The summed E-state index contributed by atoms with van der Waals surface area (Å²) in [5, 5.41) is 0. The number of pyridine rings is 1. The fourth-order valence-electron chi connectivity index (χ4n) is 4.06. The Morgan fingerprint density at radius 3 is 2.24 bits per heavy atom. The number of hydrogen-bond acceptors (Lipinski definition) is 2. The molecule has 0 aliphatic heterocycles. The van der Waals surface area contributed by atoms with Gasteiger partial charge in [-0.1, -0.05) is 40.7 Å². The van der Waals surface area contributed by atoms with Crippen molar-refractivity contribution in [2.75, 3.05) is 0 Å². The van der Waals surface area contributed by atoms with Crippen LogP contribution in [-0.2, 0) is 0 Å². The summed E-state index contributed by atoms with van der Waals surface area (Å²) in [4.78, 5) is 4.27. The molecule has 0 aromatic carbocycles. The lowest BCUT2D eigenvalue weighted by atomic mass is 9.64. The quantitative estimate of drug-likeness (QED) is 0.732. The van der Waals surface area contributed by atoms with Gasteiger partial charge in [-0.15, -0.1) is 0 Å². The third-order valence-electron chi connectivity index (χ3n) is 4.69. The van der Waals surface area contributed by atoms with E-state index in [-0.39, 0.29) is 0 Å². The molecule has 0 atom stereocenters. The molecule has 1 heterocycles. The molecular formula is C19H31NO. The highest BCUT2D eigenvalue weighted by Crippen LogP contribution is 2.45. The maximum absolute atomic E-state index is 6.01. The van der Waals surface area contributed by atoms with E-state index in [1.165, 1.54) is 19.3 Å². The molecule has 118 valence electrons. The summed E-state index contributed by atoms with van der Waals surface area (Å²) >= 11 is 0. The minimum Gasteiger partial charge on any atom is -0.474 e.